The van der Waals surface area contributed by atoms with E-state index in [0.717, 1.165) is 31.5 Å². The monoisotopic (exact) mass is 390 g/mol. The molecule has 25 heavy (non-hydrogen) atoms. The first kappa shape index (κ1) is 19.5. The maximum absolute atomic E-state index is 12.5. The predicted molar refractivity (Wildman–Crippen MR) is 94.1 cm³/mol. The molecule has 136 valence electrons. The summed E-state index contributed by atoms with van der Waals surface area (Å²) in [6.07, 6.45) is -2.27. The molecule has 0 spiro atoms. The van der Waals surface area contributed by atoms with Gasteiger partial charge in [0.25, 0.3) is 0 Å². The number of carbonyl (C=O) groups excluding carboxylic acids is 1. The third-order valence-electron chi connectivity index (χ3n) is 3.04. The number of alkyl halides is 3. The first-order chi connectivity index (χ1) is 11.9. The van der Waals surface area contributed by atoms with Crippen LogP contribution < -0.4 is 10.6 Å². The van der Waals surface area contributed by atoms with E-state index in [-0.39, 0.29) is 11.7 Å². The average Bonchev–Trinajstić information content (AvgIpc) is 3.01. The second kappa shape index (κ2) is 9.04. The van der Waals surface area contributed by atoms with Gasteiger partial charge in [-0.15, -0.1) is 10.2 Å². The number of nitrogens with one attached hydrogen (secondary N) is 2. The zero-order chi connectivity index (χ0) is 18.3. The Morgan fingerprint density at radius 3 is 2.60 bits per heavy atom. The molecule has 0 atom stereocenters. The van der Waals surface area contributed by atoms with Crippen molar-refractivity contribution >= 4 is 39.8 Å². The largest absolute Gasteiger partial charge is 0.416 e. The fraction of sp³-hybridized carbons (Fsp3) is 0.400. The van der Waals surface area contributed by atoms with Crippen LogP contribution in [0.25, 0.3) is 0 Å². The zero-order valence-corrected chi connectivity index (χ0v) is 15.0. The Labute approximate surface area is 151 Å². The molecule has 0 radical (unpaired) electrons. The number of carbonyl (C=O) groups is 1. The van der Waals surface area contributed by atoms with Crippen LogP contribution in [0.2, 0.25) is 0 Å². The van der Waals surface area contributed by atoms with Crippen molar-refractivity contribution in [2.75, 3.05) is 22.9 Å². The highest BCUT2D eigenvalue weighted by atomic mass is 32.2. The molecule has 2 N–H and O–H groups in total. The molecule has 1 aromatic heterocycles. The number of rotatable bonds is 8. The summed E-state index contributed by atoms with van der Waals surface area (Å²) in [6, 6.07) is 4.32. The van der Waals surface area contributed by atoms with Crippen LogP contribution >= 0.6 is 23.1 Å². The number of unbranched alkanes of at least 4 members (excludes halogenated alkanes) is 1. The highest BCUT2D eigenvalue weighted by Gasteiger charge is 2.29. The predicted octanol–water partition coefficient (Wildman–Crippen LogP) is 4.50. The van der Waals surface area contributed by atoms with E-state index in [1.54, 1.807) is 0 Å². The van der Waals surface area contributed by atoms with E-state index in [4.69, 9.17) is 0 Å². The van der Waals surface area contributed by atoms with Gasteiger partial charge in [-0.2, -0.15) is 13.2 Å². The summed E-state index contributed by atoms with van der Waals surface area (Å²) < 4.78 is 38.1. The number of benzene rings is 1. The van der Waals surface area contributed by atoms with Crippen molar-refractivity contribution in [1.29, 1.82) is 0 Å². The van der Waals surface area contributed by atoms with E-state index in [0.29, 0.717) is 15.2 Å². The number of nitrogens with zero attached hydrogens (tertiary/aromatic N) is 2. The van der Waals surface area contributed by atoms with Crippen LogP contribution in [0.15, 0.2) is 28.6 Å². The second-order valence-electron chi connectivity index (χ2n) is 5.07. The van der Waals surface area contributed by atoms with Crippen molar-refractivity contribution in [3.8, 4) is 0 Å². The molecule has 0 fully saturated rings. The molecule has 0 aliphatic carbocycles. The Morgan fingerprint density at radius 2 is 1.96 bits per heavy atom. The summed E-state index contributed by atoms with van der Waals surface area (Å²) in [5.74, 6) is -0.217. The van der Waals surface area contributed by atoms with Crippen molar-refractivity contribution in [2.24, 2.45) is 0 Å². The van der Waals surface area contributed by atoms with E-state index in [9.17, 15) is 18.0 Å². The lowest BCUT2D eigenvalue weighted by molar-refractivity contribution is -0.137. The van der Waals surface area contributed by atoms with Gasteiger partial charge in [-0.05, 0) is 30.7 Å². The van der Waals surface area contributed by atoms with E-state index in [1.807, 2.05) is 0 Å². The van der Waals surface area contributed by atoms with Gasteiger partial charge in [-0.25, -0.2) is 0 Å². The van der Waals surface area contributed by atoms with Crippen LogP contribution in [-0.4, -0.2) is 28.4 Å². The van der Waals surface area contributed by atoms with Gasteiger partial charge < -0.3 is 10.6 Å². The van der Waals surface area contributed by atoms with Gasteiger partial charge in [-0.3, -0.25) is 4.79 Å². The Kier molecular flexibility index (Phi) is 7.06. The molecule has 1 amide bonds. The average molecular weight is 390 g/mol. The van der Waals surface area contributed by atoms with Crippen LogP contribution in [0.4, 0.5) is 24.0 Å². The number of anilines is 2. The zero-order valence-electron chi connectivity index (χ0n) is 13.4. The molecule has 1 aromatic carbocycles. The molecule has 5 nitrogen and oxygen atoms in total. The summed E-state index contributed by atoms with van der Waals surface area (Å²) >= 11 is 2.59. The SMILES string of the molecule is CCCCNc1nnc(SCC(=O)Nc2ccc(C(F)(F)F)cc2)s1. The van der Waals surface area contributed by atoms with Crippen molar-refractivity contribution in [1.82, 2.24) is 10.2 Å². The molecule has 0 aliphatic heterocycles. The minimum absolute atomic E-state index is 0.102. The van der Waals surface area contributed by atoms with Crippen molar-refractivity contribution in [3.05, 3.63) is 29.8 Å². The van der Waals surface area contributed by atoms with E-state index >= 15 is 0 Å². The minimum atomic E-state index is -4.39. The standard InChI is InChI=1S/C15H17F3N4OS2/c1-2-3-8-19-13-21-22-14(25-13)24-9-12(23)20-11-6-4-10(5-7-11)15(16,17)18/h4-7H,2-3,8-9H2,1H3,(H,19,21)(H,20,23). The third kappa shape index (κ3) is 6.54. The van der Waals surface area contributed by atoms with Crippen molar-refractivity contribution < 1.29 is 18.0 Å². The number of halogens is 3. The Hall–Kier alpha value is -1.81. The summed E-state index contributed by atoms with van der Waals surface area (Å²) in [4.78, 5) is 11.9. The maximum atomic E-state index is 12.5. The third-order valence-corrected chi connectivity index (χ3v) is 5.05. The summed E-state index contributed by atoms with van der Waals surface area (Å²) in [5, 5.41) is 14.4. The second-order valence-corrected chi connectivity index (χ2v) is 7.27. The molecule has 2 rings (SSSR count). The van der Waals surface area contributed by atoms with Gasteiger partial charge in [-0.1, -0.05) is 36.4 Å². The van der Waals surface area contributed by atoms with Crippen LogP contribution in [0.1, 0.15) is 25.3 Å². The number of aromatic nitrogens is 2. The number of thioether (sulfide) groups is 1. The van der Waals surface area contributed by atoms with Crippen LogP contribution in [0.5, 0.6) is 0 Å². The molecule has 2 aromatic rings. The smallest absolute Gasteiger partial charge is 0.360 e. The number of amides is 1. The Morgan fingerprint density at radius 1 is 1.24 bits per heavy atom. The first-order valence-corrected chi connectivity index (χ1v) is 9.36. The molecule has 0 saturated carbocycles. The Bertz CT molecular complexity index is 689. The lowest BCUT2D eigenvalue weighted by Crippen LogP contribution is -2.14. The topological polar surface area (TPSA) is 66.9 Å². The molecule has 10 heteroatoms. The normalized spacial score (nSPS) is 11.4. The highest BCUT2D eigenvalue weighted by molar-refractivity contribution is 8.01. The van der Waals surface area contributed by atoms with Crippen molar-refractivity contribution in [2.45, 2.75) is 30.3 Å². The lowest BCUT2D eigenvalue weighted by atomic mass is 10.2. The minimum Gasteiger partial charge on any atom is -0.360 e. The fourth-order valence-corrected chi connectivity index (χ4v) is 3.36. The maximum Gasteiger partial charge on any atom is 0.416 e. The molecule has 0 bridgehead atoms. The molecule has 0 saturated heterocycles. The molecule has 0 unspecified atom stereocenters. The quantitative estimate of drug-likeness (QED) is 0.513. The summed E-state index contributed by atoms with van der Waals surface area (Å²) in [6.45, 7) is 2.92. The lowest BCUT2D eigenvalue weighted by Gasteiger charge is -2.08. The van der Waals surface area contributed by atoms with E-state index in [1.165, 1.54) is 35.2 Å². The summed E-state index contributed by atoms with van der Waals surface area (Å²) in [5.41, 5.74) is -0.436. The van der Waals surface area contributed by atoms with Crippen LogP contribution in [0, 0.1) is 0 Å². The summed E-state index contributed by atoms with van der Waals surface area (Å²) in [7, 11) is 0. The molecule has 1 heterocycles. The van der Waals surface area contributed by atoms with E-state index in [2.05, 4.69) is 27.8 Å². The van der Waals surface area contributed by atoms with Crippen LogP contribution in [0.3, 0.4) is 0 Å². The Balaban J connectivity index is 1.79. The van der Waals surface area contributed by atoms with Crippen molar-refractivity contribution in [3.63, 3.8) is 0 Å². The number of hydrogen-bond acceptors (Lipinski definition) is 6. The first-order valence-electron chi connectivity index (χ1n) is 7.55. The fourth-order valence-electron chi connectivity index (χ4n) is 1.78. The van der Waals surface area contributed by atoms with Gasteiger partial charge in [0.1, 0.15) is 0 Å². The van der Waals surface area contributed by atoms with Gasteiger partial charge >= 0.3 is 6.18 Å². The van der Waals surface area contributed by atoms with E-state index < -0.39 is 11.7 Å². The molecular weight excluding hydrogens is 373 g/mol. The van der Waals surface area contributed by atoms with Gasteiger partial charge in [0, 0.05) is 12.2 Å². The van der Waals surface area contributed by atoms with Gasteiger partial charge in [0.2, 0.25) is 11.0 Å². The number of hydrogen-bond donors (Lipinski definition) is 2. The molecule has 0 aliphatic rings. The highest BCUT2D eigenvalue weighted by Crippen LogP contribution is 2.30. The van der Waals surface area contributed by atoms with Gasteiger partial charge in [0.15, 0.2) is 4.34 Å². The molecular formula is C15H17F3N4OS2. The van der Waals surface area contributed by atoms with Gasteiger partial charge in [0.05, 0.1) is 11.3 Å². The van der Waals surface area contributed by atoms with Crippen LogP contribution in [-0.2, 0) is 11.0 Å².